The van der Waals surface area contributed by atoms with Gasteiger partial charge in [-0.25, -0.2) is 4.98 Å². The number of imidazole rings is 1. The Bertz CT molecular complexity index is 837. The van der Waals surface area contributed by atoms with Gasteiger partial charge in [0, 0.05) is 25.7 Å². The molecule has 0 radical (unpaired) electrons. The Morgan fingerprint density at radius 2 is 2.42 bits per heavy atom. The van der Waals surface area contributed by atoms with Crippen LogP contribution in [0.3, 0.4) is 0 Å². The number of carbonyl (C=O) groups is 1. The molecule has 0 bridgehead atoms. The molecular formula is C16H18N6OS. The molecule has 0 saturated heterocycles. The van der Waals surface area contributed by atoms with E-state index in [2.05, 4.69) is 25.5 Å². The summed E-state index contributed by atoms with van der Waals surface area (Å²) in [5, 5.41) is 12.6. The normalized spacial score (nSPS) is 16.8. The molecular weight excluding hydrogens is 324 g/mol. The lowest BCUT2D eigenvalue weighted by Gasteiger charge is -2.26. The lowest BCUT2D eigenvalue weighted by Crippen LogP contribution is -2.42. The van der Waals surface area contributed by atoms with Gasteiger partial charge < -0.3 is 15.2 Å². The highest BCUT2D eigenvalue weighted by Crippen LogP contribution is 2.24. The Morgan fingerprint density at radius 3 is 3.25 bits per heavy atom. The fourth-order valence-electron chi connectivity index (χ4n) is 2.97. The van der Waals surface area contributed by atoms with E-state index in [0.717, 1.165) is 40.6 Å². The van der Waals surface area contributed by atoms with Gasteiger partial charge in [0.05, 0.1) is 29.1 Å². The standard InChI is InChI=1S/C16H18N6OS/c1-22(8-10-7-12(21-20-10)13-3-2-6-24-13)16(23)15-14-11(4-5-17-15)18-9-19-14/h2-3,6-7,9,15,17H,4-5,8H2,1H3,(H,18,19)(H,20,21)/t15-/m0/s1. The monoisotopic (exact) mass is 342 g/mol. The molecule has 3 N–H and O–H groups in total. The van der Waals surface area contributed by atoms with Crippen molar-refractivity contribution < 1.29 is 4.79 Å². The molecule has 24 heavy (non-hydrogen) atoms. The number of thiophene rings is 1. The number of nitrogens with zero attached hydrogens (tertiary/aromatic N) is 3. The van der Waals surface area contributed by atoms with E-state index in [1.807, 2.05) is 23.6 Å². The number of aromatic nitrogens is 4. The molecule has 0 fully saturated rings. The first kappa shape index (κ1) is 15.1. The zero-order valence-electron chi connectivity index (χ0n) is 13.2. The number of fused-ring (bicyclic) bond motifs is 1. The minimum atomic E-state index is -0.385. The summed E-state index contributed by atoms with van der Waals surface area (Å²) in [6, 6.07) is 5.64. The second kappa shape index (κ2) is 6.21. The van der Waals surface area contributed by atoms with Crippen molar-refractivity contribution in [2.45, 2.75) is 19.0 Å². The van der Waals surface area contributed by atoms with Crippen LogP contribution in [-0.2, 0) is 17.8 Å². The van der Waals surface area contributed by atoms with Crippen LogP contribution in [0.2, 0.25) is 0 Å². The maximum atomic E-state index is 12.8. The van der Waals surface area contributed by atoms with Crippen LogP contribution in [0.15, 0.2) is 29.9 Å². The van der Waals surface area contributed by atoms with E-state index in [0.29, 0.717) is 6.54 Å². The fourth-order valence-corrected chi connectivity index (χ4v) is 3.66. The molecule has 4 heterocycles. The summed E-state index contributed by atoms with van der Waals surface area (Å²) in [5.41, 5.74) is 3.67. The van der Waals surface area contributed by atoms with Crippen LogP contribution < -0.4 is 5.32 Å². The van der Waals surface area contributed by atoms with Gasteiger partial charge in [-0.3, -0.25) is 9.89 Å². The summed E-state index contributed by atoms with van der Waals surface area (Å²) in [6.45, 7) is 1.25. The molecule has 7 nitrogen and oxygen atoms in total. The maximum Gasteiger partial charge on any atom is 0.246 e. The van der Waals surface area contributed by atoms with Crippen molar-refractivity contribution in [2.75, 3.05) is 13.6 Å². The van der Waals surface area contributed by atoms with Crippen molar-refractivity contribution >= 4 is 17.2 Å². The minimum absolute atomic E-state index is 0.00956. The molecule has 124 valence electrons. The van der Waals surface area contributed by atoms with Gasteiger partial charge in [0.2, 0.25) is 5.91 Å². The molecule has 1 aliphatic rings. The highest BCUT2D eigenvalue weighted by Gasteiger charge is 2.30. The Morgan fingerprint density at radius 1 is 1.50 bits per heavy atom. The number of hydrogen-bond acceptors (Lipinski definition) is 5. The molecule has 3 aromatic rings. The molecule has 0 unspecified atom stereocenters. The number of aromatic amines is 2. The number of H-pyrrole nitrogens is 2. The van der Waals surface area contributed by atoms with Gasteiger partial charge in [0.25, 0.3) is 0 Å². The molecule has 3 aromatic heterocycles. The van der Waals surface area contributed by atoms with Gasteiger partial charge in [-0.15, -0.1) is 11.3 Å². The second-order valence-electron chi connectivity index (χ2n) is 5.85. The predicted molar refractivity (Wildman–Crippen MR) is 91.4 cm³/mol. The molecule has 1 aliphatic heterocycles. The van der Waals surface area contributed by atoms with Crippen molar-refractivity contribution in [3.05, 3.63) is 47.0 Å². The zero-order valence-corrected chi connectivity index (χ0v) is 14.1. The number of nitrogens with one attached hydrogen (secondary N) is 3. The Labute approximate surface area is 143 Å². The summed E-state index contributed by atoms with van der Waals surface area (Å²) >= 11 is 1.65. The topological polar surface area (TPSA) is 89.7 Å². The fraction of sp³-hybridized carbons (Fsp3) is 0.312. The van der Waals surface area contributed by atoms with E-state index < -0.39 is 0 Å². The largest absolute Gasteiger partial charge is 0.348 e. The van der Waals surface area contributed by atoms with Crippen LogP contribution in [0.25, 0.3) is 10.6 Å². The van der Waals surface area contributed by atoms with Crippen LogP contribution in [0.1, 0.15) is 23.1 Å². The molecule has 0 saturated carbocycles. The van der Waals surface area contributed by atoms with Crippen molar-refractivity contribution in [1.29, 1.82) is 0 Å². The lowest BCUT2D eigenvalue weighted by atomic mass is 10.0. The SMILES string of the molecule is CN(Cc1cc(-c2cccs2)n[nH]1)C(=O)[C@H]1NCCc2[nH]cnc21. The second-order valence-corrected chi connectivity index (χ2v) is 6.80. The quantitative estimate of drug-likeness (QED) is 0.673. The van der Waals surface area contributed by atoms with Crippen LogP contribution in [0.5, 0.6) is 0 Å². The van der Waals surface area contributed by atoms with Gasteiger partial charge in [-0.1, -0.05) is 6.07 Å². The Kier molecular flexibility index (Phi) is 3.91. The third kappa shape index (κ3) is 2.74. The molecule has 1 amide bonds. The number of carbonyl (C=O) groups excluding carboxylic acids is 1. The average molecular weight is 342 g/mol. The van der Waals surface area contributed by atoms with Crippen molar-refractivity contribution in [3.8, 4) is 10.6 Å². The summed E-state index contributed by atoms with van der Waals surface area (Å²) in [4.78, 5) is 23.0. The average Bonchev–Trinajstić information content (AvgIpc) is 3.33. The van der Waals surface area contributed by atoms with Crippen molar-refractivity contribution in [3.63, 3.8) is 0 Å². The molecule has 0 aliphatic carbocycles. The minimum Gasteiger partial charge on any atom is -0.348 e. The third-order valence-corrected chi connectivity index (χ3v) is 5.08. The summed E-state index contributed by atoms with van der Waals surface area (Å²) < 4.78 is 0. The van der Waals surface area contributed by atoms with Crippen molar-refractivity contribution in [2.24, 2.45) is 0 Å². The van der Waals surface area contributed by atoms with E-state index >= 15 is 0 Å². The number of hydrogen-bond donors (Lipinski definition) is 3. The van der Waals surface area contributed by atoms with Gasteiger partial charge in [-0.2, -0.15) is 5.10 Å². The predicted octanol–water partition coefficient (Wildman–Crippen LogP) is 1.71. The highest BCUT2D eigenvalue weighted by atomic mass is 32.1. The Balaban J connectivity index is 1.47. The van der Waals surface area contributed by atoms with Crippen LogP contribution >= 0.6 is 11.3 Å². The molecule has 0 aromatic carbocycles. The summed E-state index contributed by atoms with van der Waals surface area (Å²) in [6.07, 6.45) is 2.52. The van der Waals surface area contributed by atoms with Crippen LogP contribution in [0.4, 0.5) is 0 Å². The van der Waals surface area contributed by atoms with Crippen LogP contribution in [0, 0.1) is 0 Å². The molecule has 8 heteroatoms. The lowest BCUT2D eigenvalue weighted by molar-refractivity contribution is -0.133. The first-order chi connectivity index (χ1) is 11.7. The van der Waals surface area contributed by atoms with E-state index in [4.69, 9.17) is 0 Å². The first-order valence-corrected chi connectivity index (χ1v) is 8.69. The molecule has 1 atom stereocenters. The first-order valence-electron chi connectivity index (χ1n) is 7.81. The van der Waals surface area contributed by atoms with E-state index in [1.54, 1.807) is 29.6 Å². The van der Waals surface area contributed by atoms with Crippen LogP contribution in [-0.4, -0.2) is 44.6 Å². The maximum absolute atomic E-state index is 12.8. The molecule has 4 rings (SSSR count). The number of rotatable bonds is 4. The van der Waals surface area contributed by atoms with E-state index in [9.17, 15) is 4.79 Å². The third-order valence-electron chi connectivity index (χ3n) is 4.18. The smallest absolute Gasteiger partial charge is 0.246 e. The summed E-state index contributed by atoms with van der Waals surface area (Å²) in [7, 11) is 1.80. The Hall–Kier alpha value is -2.45. The zero-order chi connectivity index (χ0) is 16.5. The van der Waals surface area contributed by atoms with Gasteiger partial charge in [-0.05, 0) is 17.5 Å². The summed E-state index contributed by atoms with van der Waals surface area (Å²) in [5.74, 6) is 0.00956. The van der Waals surface area contributed by atoms with Crippen molar-refractivity contribution in [1.82, 2.24) is 30.4 Å². The van der Waals surface area contributed by atoms with E-state index in [-0.39, 0.29) is 11.9 Å². The van der Waals surface area contributed by atoms with Gasteiger partial charge in [0.15, 0.2) is 0 Å². The highest BCUT2D eigenvalue weighted by molar-refractivity contribution is 7.13. The van der Waals surface area contributed by atoms with Gasteiger partial charge >= 0.3 is 0 Å². The van der Waals surface area contributed by atoms with E-state index in [1.165, 1.54) is 0 Å². The number of likely N-dealkylation sites (N-methyl/N-ethyl adjacent to an activating group) is 1. The van der Waals surface area contributed by atoms with Gasteiger partial charge in [0.1, 0.15) is 11.7 Å². The number of amides is 1. The molecule has 0 spiro atoms.